The van der Waals surface area contributed by atoms with E-state index < -0.39 is 5.60 Å². The van der Waals surface area contributed by atoms with E-state index >= 15 is 0 Å². The first kappa shape index (κ1) is 14.7. The Balaban J connectivity index is 1.67. The molecule has 0 spiro atoms. The Morgan fingerprint density at radius 3 is 3.00 bits per heavy atom. The number of nitrogens with zero attached hydrogens (tertiary/aromatic N) is 3. The molecule has 1 atom stereocenters. The van der Waals surface area contributed by atoms with E-state index in [2.05, 4.69) is 9.98 Å². The van der Waals surface area contributed by atoms with E-state index in [1.807, 2.05) is 53.7 Å². The van der Waals surface area contributed by atoms with Crippen molar-refractivity contribution < 1.29 is 9.90 Å². The first-order valence-electron chi connectivity index (χ1n) is 8.14. The average molecular weight is 349 g/mol. The van der Waals surface area contributed by atoms with Crippen molar-refractivity contribution in [2.75, 3.05) is 11.4 Å². The van der Waals surface area contributed by atoms with Gasteiger partial charge in [-0.05, 0) is 37.3 Å². The predicted octanol–water partition coefficient (Wildman–Crippen LogP) is 3.47. The summed E-state index contributed by atoms with van der Waals surface area (Å²) in [6.45, 7) is 2.49. The van der Waals surface area contributed by atoms with Crippen LogP contribution < -0.4 is 4.90 Å². The first-order chi connectivity index (χ1) is 12.1. The molecule has 5 rings (SSSR count). The fourth-order valence-electron chi connectivity index (χ4n) is 3.61. The number of ketones is 1. The number of hydrogen-bond acceptors (Lipinski definition) is 6. The van der Waals surface area contributed by atoms with Crippen LogP contribution in [0.2, 0.25) is 0 Å². The summed E-state index contributed by atoms with van der Waals surface area (Å²) in [4.78, 5) is 23.9. The van der Waals surface area contributed by atoms with Crippen molar-refractivity contribution in [3.05, 3.63) is 53.0 Å². The molecule has 0 saturated carbocycles. The quantitative estimate of drug-likeness (QED) is 0.730. The molecule has 0 radical (unpaired) electrons. The minimum absolute atomic E-state index is 0.252. The van der Waals surface area contributed by atoms with Crippen molar-refractivity contribution in [3.63, 3.8) is 0 Å². The zero-order valence-corrected chi connectivity index (χ0v) is 14.4. The first-order valence-corrected chi connectivity index (χ1v) is 9.02. The minimum atomic E-state index is -1.54. The molecule has 1 N–H and O–H groups in total. The van der Waals surface area contributed by atoms with Crippen LogP contribution in [0.3, 0.4) is 0 Å². The molecule has 3 aromatic rings. The number of Topliss-reactive ketones (excluding diaryl/α,β-unsaturated/α-hetero) is 1. The Labute approximate surface area is 148 Å². The molecule has 1 aromatic heterocycles. The molecule has 1 fully saturated rings. The highest BCUT2D eigenvalue weighted by Crippen LogP contribution is 2.40. The van der Waals surface area contributed by atoms with E-state index in [-0.39, 0.29) is 5.78 Å². The lowest BCUT2D eigenvalue weighted by molar-refractivity contribution is 0.0602. The molecular weight excluding hydrogens is 334 g/mol. The van der Waals surface area contributed by atoms with Crippen LogP contribution in [0.5, 0.6) is 0 Å². The number of carbonyl (C=O) groups is 1. The number of anilines is 1. The third-order valence-corrected chi connectivity index (χ3v) is 5.74. The normalized spacial score (nSPS) is 22.1. The number of thiazole rings is 1. The van der Waals surface area contributed by atoms with Gasteiger partial charge in [-0.3, -0.25) is 4.79 Å². The summed E-state index contributed by atoms with van der Waals surface area (Å²) in [5.74, 6) is 0.176. The van der Waals surface area contributed by atoms with Gasteiger partial charge in [0.25, 0.3) is 0 Å². The van der Waals surface area contributed by atoms with Crippen molar-refractivity contribution in [2.45, 2.75) is 18.9 Å². The summed E-state index contributed by atoms with van der Waals surface area (Å²) in [5, 5.41) is 11.1. The lowest BCUT2D eigenvalue weighted by atomic mass is 9.87. The Morgan fingerprint density at radius 1 is 1.24 bits per heavy atom. The van der Waals surface area contributed by atoms with Crippen LogP contribution >= 0.6 is 11.3 Å². The second-order valence-electron chi connectivity index (χ2n) is 6.55. The molecule has 124 valence electrons. The van der Waals surface area contributed by atoms with E-state index in [1.165, 1.54) is 0 Å². The van der Waals surface area contributed by atoms with Gasteiger partial charge in [0, 0.05) is 24.2 Å². The number of benzene rings is 2. The summed E-state index contributed by atoms with van der Waals surface area (Å²) in [6.07, 6.45) is 0.346. The topological polar surface area (TPSA) is 65.8 Å². The van der Waals surface area contributed by atoms with Crippen molar-refractivity contribution in [3.8, 4) is 0 Å². The second-order valence-corrected chi connectivity index (χ2v) is 7.44. The molecule has 1 saturated heterocycles. The van der Waals surface area contributed by atoms with Crippen molar-refractivity contribution in [1.29, 1.82) is 0 Å². The Hall–Kier alpha value is -2.57. The highest BCUT2D eigenvalue weighted by Gasteiger charge is 2.52. The fraction of sp³-hybridized carbons (Fsp3) is 0.211. The maximum atomic E-state index is 13.0. The van der Waals surface area contributed by atoms with Gasteiger partial charge < -0.3 is 10.0 Å². The lowest BCUT2D eigenvalue weighted by Crippen LogP contribution is -2.48. The van der Waals surface area contributed by atoms with Crippen LogP contribution in [-0.2, 0) is 0 Å². The predicted molar refractivity (Wildman–Crippen MR) is 99.1 cm³/mol. The Morgan fingerprint density at radius 2 is 2.12 bits per heavy atom. The molecule has 3 heterocycles. The van der Waals surface area contributed by atoms with Crippen LogP contribution in [0, 0.1) is 6.92 Å². The van der Waals surface area contributed by atoms with E-state index in [0.29, 0.717) is 30.1 Å². The summed E-state index contributed by atoms with van der Waals surface area (Å²) in [7, 11) is 0. The highest BCUT2D eigenvalue weighted by atomic mass is 32.1. The monoisotopic (exact) mass is 349 g/mol. The summed E-state index contributed by atoms with van der Waals surface area (Å²) >= 11 is 1.57. The standard InChI is InChI=1S/C19H15N3O2S/c1-11-2-4-14-13(8-11)17(23)19(24)6-7-22(18(19)21-14)12-3-5-15-16(9-12)25-10-20-15/h2-5,8-10,24H,6-7H2,1H3. The van der Waals surface area contributed by atoms with Gasteiger partial charge >= 0.3 is 0 Å². The van der Waals surface area contributed by atoms with E-state index in [1.54, 1.807) is 11.3 Å². The van der Waals surface area contributed by atoms with Crippen molar-refractivity contribution >= 4 is 44.5 Å². The van der Waals surface area contributed by atoms with Gasteiger partial charge in [0.15, 0.2) is 5.60 Å². The molecule has 2 aliphatic rings. The zero-order chi connectivity index (χ0) is 17.2. The van der Waals surface area contributed by atoms with Crippen molar-refractivity contribution in [1.82, 2.24) is 4.98 Å². The van der Waals surface area contributed by atoms with E-state index in [9.17, 15) is 9.90 Å². The SMILES string of the molecule is Cc1ccc2c(c1)C(=O)C1(O)CCN(c3ccc4ncsc4c3)C1=N2. The zero-order valence-electron chi connectivity index (χ0n) is 13.6. The summed E-state index contributed by atoms with van der Waals surface area (Å²) in [5.41, 5.74) is 4.27. The molecule has 6 heteroatoms. The number of rotatable bonds is 1. The fourth-order valence-corrected chi connectivity index (χ4v) is 4.32. The molecule has 5 nitrogen and oxygen atoms in total. The van der Waals surface area contributed by atoms with Crippen LogP contribution in [0.4, 0.5) is 11.4 Å². The number of aliphatic imine (C=N–C) groups is 1. The number of carbonyl (C=O) groups excluding carboxylic acids is 1. The van der Waals surface area contributed by atoms with Gasteiger partial charge in [0.2, 0.25) is 5.78 Å². The van der Waals surface area contributed by atoms with E-state index in [4.69, 9.17) is 0 Å². The molecule has 25 heavy (non-hydrogen) atoms. The van der Waals surface area contributed by atoms with Crippen LogP contribution in [-0.4, -0.2) is 33.9 Å². The lowest BCUT2D eigenvalue weighted by Gasteiger charge is -2.29. The van der Waals surface area contributed by atoms with Crippen LogP contribution in [0.15, 0.2) is 46.9 Å². The molecule has 0 aliphatic carbocycles. The number of aryl methyl sites for hydroxylation is 1. The largest absolute Gasteiger partial charge is 0.374 e. The molecule has 1 unspecified atom stereocenters. The van der Waals surface area contributed by atoms with Gasteiger partial charge in [-0.25, -0.2) is 9.98 Å². The smallest absolute Gasteiger partial charge is 0.204 e. The number of fused-ring (bicyclic) bond motifs is 3. The van der Waals surface area contributed by atoms with Gasteiger partial charge in [-0.2, -0.15) is 0 Å². The number of amidine groups is 1. The Bertz CT molecular complexity index is 1070. The average Bonchev–Trinajstić information content (AvgIpc) is 3.20. The van der Waals surface area contributed by atoms with Gasteiger partial charge in [0.05, 0.1) is 21.4 Å². The van der Waals surface area contributed by atoms with Crippen LogP contribution in [0.1, 0.15) is 22.3 Å². The van der Waals surface area contributed by atoms with Crippen LogP contribution in [0.25, 0.3) is 10.2 Å². The number of hydrogen-bond donors (Lipinski definition) is 1. The van der Waals surface area contributed by atoms with Gasteiger partial charge in [-0.15, -0.1) is 11.3 Å². The minimum Gasteiger partial charge on any atom is -0.374 e. The third kappa shape index (κ3) is 2.01. The highest BCUT2D eigenvalue weighted by molar-refractivity contribution is 7.16. The number of aromatic nitrogens is 1. The molecule has 0 bridgehead atoms. The Kier molecular flexibility index (Phi) is 2.93. The second kappa shape index (κ2) is 4.97. The third-order valence-electron chi connectivity index (χ3n) is 4.95. The summed E-state index contributed by atoms with van der Waals surface area (Å²) < 4.78 is 1.08. The molecule has 2 aliphatic heterocycles. The maximum Gasteiger partial charge on any atom is 0.204 e. The van der Waals surface area contributed by atoms with E-state index in [0.717, 1.165) is 21.5 Å². The van der Waals surface area contributed by atoms with Gasteiger partial charge in [-0.1, -0.05) is 11.6 Å². The maximum absolute atomic E-state index is 13.0. The number of aliphatic hydroxyl groups is 1. The molecule has 0 amide bonds. The van der Waals surface area contributed by atoms with Crippen molar-refractivity contribution in [2.24, 2.45) is 4.99 Å². The van der Waals surface area contributed by atoms with Gasteiger partial charge in [0.1, 0.15) is 5.84 Å². The molecule has 2 aromatic carbocycles. The summed E-state index contributed by atoms with van der Waals surface area (Å²) in [6, 6.07) is 11.5. The molecular formula is C19H15N3O2S.